The Bertz CT molecular complexity index is 559. The number of amides is 2. The first-order valence-electron chi connectivity index (χ1n) is 8.28. The zero-order valence-electron chi connectivity index (χ0n) is 14.2. The minimum Gasteiger partial charge on any atom is -0.383 e. The molecule has 5 nitrogen and oxygen atoms in total. The number of ether oxygens (including phenoxy) is 1. The van der Waals surface area contributed by atoms with Crippen molar-refractivity contribution in [3.05, 3.63) is 29.8 Å². The Balaban J connectivity index is 2.06. The standard InChI is InChI=1S/C18H26N2O3/c1-4-13-8-6-7-9-16(13)20-11-14(10-17(20)21)18(22)19-15(5-2)12-23-3/h6-9,14-15H,4-5,10-12H2,1-3H3,(H,19,22). The smallest absolute Gasteiger partial charge is 0.227 e. The van der Waals surface area contributed by atoms with Crippen LogP contribution < -0.4 is 10.2 Å². The summed E-state index contributed by atoms with van der Waals surface area (Å²) in [4.78, 5) is 26.5. The van der Waals surface area contributed by atoms with Crippen molar-refractivity contribution in [1.82, 2.24) is 5.32 Å². The van der Waals surface area contributed by atoms with Crippen LogP contribution >= 0.6 is 0 Å². The van der Waals surface area contributed by atoms with Crippen LogP contribution in [0.5, 0.6) is 0 Å². The fraction of sp³-hybridized carbons (Fsp3) is 0.556. The van der Waals surface area contributed by atoms with Crippen molar-refractivity contribution in [2.75, 3.05) is 25.2 Å². The van der Waals surface area contributed by atoms with E-state index < -0.39 is 0 Å². The molecule has 1 fully saturated rings. The number of para-hydroxylation sites is 1. The number of rotatable bonds is 7. The van der Waals surface area contributed by atoms with Crippen LogP contribution in [0.1, 0.15) is 32.3 Å². The van der Waals surface area contributed by atoms with E-state index in [9.17, 15) is 9.59 Å². The highest BCUT2D eigenvalue weighted by Gasteiger charge is 2.36. The van der Waals surface area contributed by atoms with Crippen LogP contribution in [0, 0.1) is 5.92 Å². The lowest BCUT2D eigenvalue weighted by molar-refractivity contribution is -0.127. The van der Waals surface area contributed by atoms with E-state index in [0.29, 0.717) is 13.2 Å². The Morgan fingerprint density at radius 3 is 2.78 bits per heavy atom. The second-order valence-corrected chi connectivity index (χ2v) is 5.96. The molecule has 23 heavy (non-hydrogen) atoms. The van der Waals surface area contributed by atoms with Gasteiger partial charge in [-0.3, -0.25) is 9.59 Å². The minimum absolute atomic E-state index is 0.000389. The quantitative estimate of drug-likeness (QED) is 0.838. The maximum atomic E-state index is 12.4. The number of nitrogens with zero attached hydrogens (tertiary/aromatic N) is 1. The fourth-order valence-corrected chi connectivity index (χ4v) is 2.97. The van der Waals surface area contributed by atoms with Crippen molar-refractivity contribution in [1.29, 1.82) is 0 Å². The first-order chi connectivity index (χ1) is 11.1. The molecule has 0 aromatic heterocycles. The summed E-state index contributed by atoms with van der Waals surface area (Å²) in [5.41, 5.74) is 2.06. The van der Waals surface area contributed by atoms with E-state index in [1.54, 1.807) is 12.0 Å². The van der Waals surface area contributed by atoms with Gasteiger partial charge in [-0.25, -0.2) is 0 Å². The minimum atomic E-state index is -0.293. The molecule has 0 spiro atoms. The maximum absolute atomic E-state index is 12.4. The summed E-state index contributed by atoms with van der Waals surface area (Å²) in [6.07, 6.45) is 1.94. The molecule has 1 aromatic rings. The largest absolute Gasteiger partial charge is 0.383 e. The molecule has 1 aliphatic rings. The molecule has 2 rings (SSSR count). The molecule has 1 aliphatic heterocycles. The maximum Gasteiger partial charge on any atom is 0.227 e. The van der Waals surface area contributed by atoms with Gasteiger partial charge in [-0.05, 0) is 24.5 Å². The van der Waals surface area contributed by atoms with Crippen LogP contribution in [0.3, 0.4) is 0 Å². The molecule has 0 saturated carbocycles. The number of nitrogens with one attached hydrogen (secondary N) is 1. The van der Waals surface area contributed by atoms with E-state index in [4.69, 9.17) is 4.74 Å². The van der Waals surface area contributed by atoms with E-state index in [1.807, 2.05) is 31.2 Å². The van der Waals surface area contributed by atoms with Crippen LogP contribution in [0.25, 0.3) is 0 Å². The Hall–Kier alpha value is -1.88. The van der Waals surface area contributed by atoms with Crippen LogP contribution in [0.15, 0.2) is 24.3 Å². The van der Waals surface area contributed by atoms with Gasteiger partial charge in [-0.2, -0.15) is 0 Å². The number of hydrogen-bond acceptors (Lipinski definition) is 3. The SMILES string of the molecule is CCc1ccccc1N1CC(C(=O)NC(CC)COC)CC1=O. The van der Waals surface area contributed by atoms with Gasteiger partial charge >= 0.3 is 0 Å². The first-order valence-corrected chi connectivity index (χ1v) is 8.28. The number of carbonyl (C=O) groups excluding carboxylic acids is 2. The molecular weight excluding hydrogens is 292 g/mol. The van der Waals surface area contributed by atoms with Crippen molar-refractivity contribution in [2.45, 2.75) is 39.2 Å². The molecule has 0 radical (unpaired) electrons. The Morgan fingerprint density at radius 1 is 1.39 bits per heavy atom. The van der Waals surface area contributed by atoms with Crippen molar-refractivity contribution in [2.24, 2.45) is 5.92 Å². The average Bonchev–Trinajstić information content (AvgIpc) is 2.96. The fourth-order valence-electron chi connectivity index (χ4n) is 2.97. The number of hydrogen-bond donors (Lipinski definition) is 1. The number of anilines is 1. The van der Waals surface area contributed by atoms with Gasteiger partial charge in [0.05, 0.1) is 18.6 Å². The van der Waals surface area contributed by atoms with Gasteiger partial charge in [-0.1, -0.05) is 32.0 Å². The summed E-state index contributed by atoms with van der Waals surface area (Å²) in [5.74, 6) is -0.331. The molecule has 5 heteroatoms. The first kappa shape index (κ1) is 17.5. The molecule has 0 aliphatic carbocycles. The lowest BCUT2D eigenvalue weighted by Gasteiger charge is -2.21. The lowest BCUT2D eigenvalue weighted by Crippen LogP contribution is -2.41. The number of aryl methyl sites for hydroxylation is 1. The lowest BCUT2D eigenvalue weighted by atomic mass is 10.1. The number of methoxy groups -OCH3 is 1. The van der Waals surface area contributed by atoms with E-state index in [-0.39, 0.29) is 30.2 Å². The molecule has 0 bridgehead atoms. The van der Waals surface area contributed by atoms with Crippen molar-refractivity contribution >= 4 is 17.5 Å². The highest BCUT2D eigenvalue weighted by molar-refractivity contribution is 6.00. The van der Waals surface area contributed by atoms with E-state index in [2.05, 4.69) is 12.2 Å². The molecule has 2 amide bonds. The second kappa shape index (κ2) is 8.11. The molecule has 2 atom stereocenters. The summed E-state index contributed by atoms with van der Waals surface area (Å²) in [5, 5.41) is 2.99. The van der Waals surface area contributed by atoms with Crippen molar-refractivity contribution < 1.29 is 14.3 Å². The summed E-state index contributed by atoms with van der Waals surface area (Å²) in [6, 6.07) is 7.89. The van der Waals surface area contributed by atoms with Crippen molar-refractivity contribution in [3.8, 4) is 0 Å². The van der Waals surface area contributed by atoms with Gasteiger partial charge in [-0.15, -0.1) is 0 Å². The normalized spacial score (nSPS) is 19.0. The number of carbonyl (C=O) groups is 2. The molecule has 1 aromatic carbocycles. The molecule has 126 valence electrons. The number of benzene rings is 1. The zero-order valence-corrected chi connectivity index (χ0v) is 14.2. The monoisotopic (exact) mass is 318 g/mol. The summed E-state index contributed by atoms with van der Waals surface area (Å²) < 4.78 is 5.11. The Kier molecular flexibility index (Phi) is 6.16. The van der Waals surface area contributed by atoms with E-state index >= 15 is 0 Å². The van der Waals surface area contributed by atoms with Gasteiger partial charge in [0, 0.05) is 25.8 Å². The van der Waals surface area contributed by atoms with Crippen molar-refractivity contribution in [3.63, 3.8) is 0 Å². The van der Waals surface area contributed by atoms with Crippen LogP contribution in [-0.2, 0) is 20.7 Å². The molecule has 1 heterocycles. The summed E-state index contributed by atoms with van der Waals surface area (Å²) in [6.45, 7) is 5.02. The summed E-state index contributed by atoms with van der Waals surface area (Å²) in [7, 11) is 1.62. The molecular formula is C18H26N2O3. The Morgan fingerprint density at radius 2 is 2.13 bits per heavy atom. The van der Waals surface area contributed by atoms with Crippen LogP contribution in [-0.4, -0.2) is 38.1 Å². The van der Waals surface area contributed by atoms with E-state index in [1.165, 1.54) is 0 Å². The molecule has 2 unspecified atom stereocenters. The third-order valence-electron chi connectivity index (χ3n) is 4.37. The van der Waals surface area contributed by atoms with Gasteiger partial charge < -0.3 is 15.0 Å². The average molecular weight is 318 g/mol. The van der Waals surface area contributed by atoms with E-state index in [0.717, 1.165) is 24.1 Å². The van der Waals surface area contributed by atoms with Gasteiger partial charge in [0.15, 0.2) is 0 Å². The highest BCUT2D eigenvalue weighted by atomic mass is 16.5. The predicted molar refractivity (Wildman–Crippen MR) is 90.4 cm³/mol. The predicted octanol–water partition coefficient (Wildman–Crippen LogP) is 2.14. The van der Waals surface area contributed by atoms with Crippen LogP contribution in [0.4, 0.5) is 5.69 Å². The molecule has 1 saturated heterocycles. The third-order valence-corrected chi connectivity index (χ3v) is 4.37. The highest BCUT2D eigenvalue weighted by Crippen LogP contribution is 2.28. The molecule has 1 N–H and O–H groups in total. The third kappa shape index (κ3) is 4.10. The topological polar surface area (TPSA) is 58.6 Å². The van der Waals surface area contributed by atoms with Gasteiger partial charge in [0.1, 0.15) is 0 Å². The Labute approximate surface area is 138 Å². The second-order valence-electron chi connectivity index (χ2n) is 5.96. The van der Waals surface area contributed by atoms with Crippen LogP contribution in [0.2, 0.25) is 0 Å². The summed E-state index contributed by atoms with van der Waals surface area (Å²) >= 11 is 0. The zero-order chi connectivity index (χ0) is 16.8. The van der Waals surface area contributed by atoms with Gasteiger partial charge in [0.2, 0.25) is 11.8 Å². The van der Waals surface area contributed by atoms with Gasteiger partial charge in [0.25, 0.3) is 0 Å².